The Balaban J connectivity index is 1.92. The first-order chi connectivity index (χ1) is 14.6. The monoisotopic (exact) mass is 405 g/mol. The Kier molecular flexibility index (Phi) is 4.29. The summed E-state index contributed by atoms with van der Waals surface area (Å²) >= 11 is 0. The molecule has 7 heteroatoms. The number of rotatable bonds is 3. The highest BCUT2D eigenvalue weighted by Gasteiger charge is 2.35. The van der Waals surface area contributed by atoms with Crippen LogP contribution in [-0.2, 0) is 0 Å². The zero-order chi connectivity index (χ0) is 21.0. The molecule has 0 bridgehead atoms. The van der Waals surface area contributed by atoms with Gasteiger partial charge in [-0.2, -0.15) is 0 Å². The van der Waals surface area contributed by atoms with E-state index in [0.717, 1.165) is 18.7 Å². The van der Waals surface area contributed by atoms with Crippen LogP contribution >= 0.6 is 0 Å². The van der Waals surface area contributed by atoms with Gasteiger partial charge in [-0.25, -0.2) is 4.68 Å². The number of carbonyl (C=O) groups excluding carboxylic acids is 1. The Morgan fingerprint density at radius 2 is 1.57 bits per heavy atom. The summed E-state index contributed by atoms with van der Waals surface area (Å²) in [5.74, 6) is 0.755. The molecule has 5 rings (SSSR count). The summed E-state index contributed by atoms with van der Waals surface area (Å²) in [6.07, 6.45) is 0. The van der Waals surface area contributed by atoms with Crippen molar-refractivity contribution in [2.24, 2.45) is 0 Å². The number of ketones is 1. The van der Waals surface area contributed by atoms with Crippen LogP contribution in [0.3, 0.4) is 0 Å². The van der Waals surface area contributed by atoms with Gasteiger partial charge in [0.05, 0.1) is 30.9 Å². The van der Waals surface area contributed by atoms with Crippen LogP contribution < -0.4 is 20.0 Å². The summed E-state index contributed by atoms with van der Waals surface area (Å²) in [7, 11) is 5.12. The summed E-state index contributed by atoms with van der Waals surface area (Å²) in [6.45, 7) is 3.06. The van der Waals surface area contributed by atoms with E-state index in [0.29, 0.717) is 52.2 Å². The molecule has 0 N–H and O–H groups in total. The predicted molar refractivity (Wildman–Crippen MR) is 116 cm³/mol. The Bertz CT molecular complexity index is 1240. The van der Waals surface area contributed by atoms with Crippen LogP contribution in [0.2, 0.25) is 0 Å². The van der Waals surface area contributed by atoms with Crippen molar-refractivity contribution in [2.45, 2.75) is 0 Å². The molecule has 1 aliphatic heterocycles. The van der Waals surface area contributed by atoms with Crippen molar-refractivity contribution >= 4 is 16.6 Å². The van der Waals surface area contributed by atoms with Gasteiger partial charge in [0.1, 0.15) is 0 Å². The highest BCUT2D eigenvalue weighted by molar-refractivity contribution is 6.27. The Labute approximate surface area is 174 Å². The van der Waals surface area contributed by atoms with Crippen molar-refractivity contribution in [3.8, 4) is 22.8 Å². The molecule has 0 unspecified atom stereocenters. The number of benzene rings is 2. The standard InChI is InChI=1S/C23H23N3O4/c1-24-10-12-25(13-11-24)26-20-14-6-4-5-7-15(14)21(27)18(20)16-8-9-17(29-2)22(30-3)19(16)23(26)28/h4-9H,10-13H2,1-3H3. The lowest BCUT2D eigenvalue weighted by Gasteiger charge is -2.36. The second-order valence-electron chi connectivity index (χ2n) is 7.70. The molecule has 1 fully saturated rings. The molecule has 0 amide bonds. The molecule has 2 heterocycles. The van der Waals surface area contributed by atoms with Crippen molar-refractivity contribution in [3.63, 3.8) is 0 Å². The smallest absolute Gasteiger partial charge is 0.281 e. The average Bonchev–Trinajstić information content (AvgIpc) is 3.07. The highest BCUT2D eigenvalue weighted by Crippen LogP contribution is 2.43. The number of likely N-dealkylation sites (N-methyl/N-ethyl adjacent to an activating group) is 1. The van der Waals surface area contributed by atoms with Gasteiger partial charge in [-0.3, -0.25) is 9.59 Å². The first-order valence-electron chi connectivity index (χ1n) is 9.98. The first kappa shape index (κ1) is 18.7. The molecule has 1 aromatic heterocycles. The van der Waals surface area contributed by atoms with Gasteiger partial charge >= 0.3 is 0 Å². The minimum Gasteiger partial charge on any atom is -0.493 e. The minimum absolute atomic E-state index is 0.0688. The third-order valence-electron chi connectivity index (χ3n) is 6.09. The fraction of sp³-hybridized carbons (Fsp3) is 0.304. The molecule has 1 saturated heterocycles. The maximum Gasteiger partial charge on any atom is 0.281 e. The lowest BCUT2D eigenvalue weighted by Crippen LogP contribution is -2.53. The van der Waals surface area contributed by atoms with Crippen molar-refractivity contribution in [2.75, 3.05) is 52.5 Å². The highest BCUT2D eigenvalue weighted by atomic mass is 16.5. The third kappa shape index (κ3) is 2.48. The number of hydrogen-bond acceptors (Lipinski definition) is 6. The van der Waals surface area contributed by atoms with Crippen LogP contribution in [0, 0.1) is 0 Å². The molecule has 2 aliphatic rings. The number of piperazine rings is 1. The molecule has 3 aromatic rings. The number of ether oxygens (including phenoxy) is 2. The van der Waals surface area contributed by atoms with E-state index in [1.165, 1.54) is 14.2 Å². The minimum atomic E-state index is -0.200. The van der Waals surface area contributed by atoms with Crippen LogP contribution in [0.1, 0.15) is 15.9 Å². The van der Waals surface area contributed by atoms with Gasteiger partial charge in [0.2, 0.25) is 0 Å². The maximum atomic E-state index is 13.9. The number of nitrogens with zero attached hydrogens (tertiary/aromatic N) is 3. The number of pyridine rings is 1. The quantitative estimate of drug-likeness (QED) is 0.520. The van der Waals surface area contributed by atoms with E-state index in [1.807, 2.05) is 29.3 Å². The molecule has 0 spiro atoms. The lowest BCUT2D eigenvalue weighted by molar-refractivity contribution is 0.104. The first-order valence-corrected chi connectivity index (χ1v) is 9.98. The molecule has 7 nitrogen and oxygen atoms in total. The number of methoxy groups -OCH3 is 2. The molecule has 0 atom stereocenters. The molecule has 154 valence electrons. The van der Waals surface area contributed by atoms with Gasteiger partial charge < -0.3 is 19.4 Å². The Hall–Kier alpha value is -3.32. The van der Waals surface area contributed by atoms with Crippen LogP contribution in [0.4, 0.5) is 0 Å². The fourth-order valence-electron chi connectivity index (χ4n) is 4.56. The van der Waals surface area contributed by atoms with Crippen molar-refractivity contribution in [1.82, 2.24) is 9.58 Å². The van der Waals surface area contributed by atoms with E-state index in [2.05, 4.69) is 11.9 Å². The maximum absolute atomic E-state index is 13.9. The molecule has 0 radical (unpaired) electrons. The zero-order valence-electron chi connectivity index (χ0n) is 17.3. The van der Waals surface area contributed by atoms with Crippen LogP contribution in [-0.4, -0.2) is 62.8 Å². The van der Waals surface area contributed by atoms with E-state index >= 15 is 0 Å². The van der Waals surface area contributed by atoms with Gasteiger partial charge in [0, 0.05) is 42.7 Å². The van der Waals surface area contributed by atoms with E-state index in [9.17, 15) is 9.59 Å². The van der Waals surface area contributed by atoms with Crippen molar-refractivity contribution < 1.29 is 14.3 Å². The SMILES string of the molecule is COc1ccc2c3c(n(N4CCN(C)CC4)c(=O)c2c1OC)-c1ccccc1C3=O. The Morgan fingerprint density at radius 1 is 0.867 bits per heavy atom. The summed E-state index contributed by atoms with van der Waals surface area (Å²) in [5.41, 5.74) is 2.44. The number of aromatic nitrogens is 1. The van der Waals surface area contributed by atoms with Gasteiger partial charge in [-0.05, 0) is 19.2 Å². The summed E-state index contributed by atoms with van der Waals surface area (Å²) in [5, 5.41) is 3.00. The number of hydrogen-bond donors (Lipinski definition) is 0. The lowest BCUT2D eigenvalue weighted by atomic mass is 10.0. The molecule has 2 aromatic carbocycles. The summed E-state index contributed by atoms with van der Waals surface area (Å²) in [4.78, 5) is 29.6. The largest absolute Gasteiger partial charge is 0.493 e. The fourth-order valence-corrected chi connectivity index (χ4v) is 4.56. The van der Waals surface area contributed by atoms with E-state index in [1.54, 1.807) is 16.8 Å². The van der Waals surface area contributed by atoms with Gasteiger partial charge in [0.15, 0.2) is 17.3 Å². The number of carbonyl (C=O) groups is 1. The normalized spacial score (nSPS) is 16.0. The molecular formula is C23H23N3O4. The van der Waals surface area contributed by atoms with Crippen LogP contribution in [0.25, 0.3) is 22.0 Å². The zero-order valence-corrected chi connectivity index (χ0v) is 17.3. The second-order valence-corrected chi connectivity index (χ2v) is 7.70. The molecule has 30 heavy (non-hydrogen) atoms. The summed E-state index contributed by atoms with van der Waals surface area (Å²) in [6, 6.07) is 11.0. The predicted octanol–water partition coefficient (Wildman–Crippen LogP) is 2.11. The topological polar surface area (TPSA) is 64.0 Å². The second kappa shape index (κ2) is 6.88. The average molecular weight is 405 g/mol. The molecular weight excluding hydrogens is 382 g/mol. The molecule has 1 aliphatic carbocycles. The van der Waals surface area contributed by atoms with Crippen molar-refractivity contribution in [1.29, 1.82) is 0 Å². The van der Waals surface area contributed by atoms with E-state index < -0.39 is 0 Å². The van der Waals surface area contributed by atoms with Gasteiger partial charge in [-0.15, -0.1) is 0 Å². The summed E-state index contributed by atoms with van der Waals surface area (Å²) < 4.78 is 12.7. The van der Waals surface area contributed by atoms with Crippen LogP contribution in [0.5, 0.6) is 11.5 Å². The van der Waals surface area contributed by atoms with Crippen molar-refractivity contribution in [3.05, 3.63) is 57.9 Å². The van der Waals surface area contributed by atoms with E-state index in [-0.39, 0.29) is 11.3 Å². The molecule has 0 saturated carbocycles. The van der Waals surface area contributed by atoms with Gasteiger partial charge in [-0.1, -0.05) is 24.3 Å². The van der Waals surface area contributed by atoms with E-state index in [4.69, 9.17) is 9.47 Å². The van der Waals surface area contributed by atoms with Crippen LogP contribution in [0.15, 0.2) is 41.2 Å². The van der Waals surface area contributed by atoms with Gasteiger partial charge in [0.25, 0.3) is 5.56 Å². The number of fused-ring (bicyclic) bond motifs is 5. The third-order valence-corrected chi connectivity index (χ3v) is 6.09. The Morgan fingerprint density at radius 3 is 2.23 bits per heavy atom.